The monoisotopic (exact) mass is 344 g/mol. The number of furan rings is 1. The molecular formula is C14H20N2O6S. The number of hydrogen-bond donors (Lipinski definition) is 1. The summed E-state index contributed by atoms with van der Waals surface area (Å²) in [5, 5.41) is 9.08. The number of sulfonamides is 1. The predicted molar refractivity (Wildman–Crippen MR) is 80.6 cm³/mol. The molecule has 2 rings (SSSR count). The number of amides is 1. The molecule has 128 valence electrons. The van der Waals surface area contributed by atoms with Gasteiger partial charge in [-0.25, -0.2) is 12.7 Å². The van der Waals surface area contributed by atoms with Crippen LogP contribution in [0.1, 0.15) is 29.2 Å². The van der Waals surface area contributed by atoms with Crippen LogP contribution in [0, 0.1) is 12.8 Å². The van der Waals surface area contributed by atoms with Gasteiger partial charge in [-0.3, -0.25) is 9.59 Å². The average molecular weight is 344 g/mol. The van der Waals surface area contributed by atoms with E-state index in [1.165, 1.54) is 32.0 Å². The number of rotatable bonds is 4. The quantitative estimate of drug-likeness (QED) is 0.864. The number of aliphatic carboxylic acids is 1. The van der Waals surface area contributed by atoms with Crippen molar-refractivity contribution in [1.82, 2.24) is 9.21 Å². The standard InChI is InChI=1S/C14H20N2O6S/c1-9-12(23(20,21)15(2)3)7-11(22-9)13(17)16-6-4-5-10(8-16)14(18)19/h7,10H,4-6,8H2,1-3H3,(H,18,19). The first kappa shape index (κ1) is 17.5. The fourth-order valence-corrected chi connectivity index (χ4v) is 3.60. The Bertz CT molecular complexity index is 722. The number of likely N-dealkylation sites (tertiary alicyclic amines) is 1. The van der Waals surface area contributed by atoms with Gasteiger partial charge in [0.05, 0.1) is 5.92 Å². The maximum Gasteiger partial charge on any atom is 0.308 e. The van der Waals surface area contributed by atoms with Gasteiger partial charge in [0.25, 0.3) is 5.91 Å². The summed E-state index contributed by atoms with van der Waals surface area (Å²) in [7, 11) is -0.912. The minimum Gasteiger partial charge on any atom is -0.481 e. The lowest BCUT2D eigenvalue weighted by atomic mass is 9.98. The normalized spacial score (nSPS) is 19.1. The van der Waals surface area contributed by atoms with Crippen molar-refractivity contribution in [2.45, 2.75) is 24.7 Å². The fourth-order valence-electron chi connectivity index (χ4n) is 2.54. The van der Waals surface area contributed by atoms with E-state index in [1.807, 2.05) is 0 Å². The maximum atomic E-state index is 12.5. The highest BCUT2D eigenvalue weighted by molar-refractivity contribution is 7.89. The SMILES string of the molecule is Cc1oc(C(=O)N2CCCC(C(=O)O)C2)cc1S(=O)(=O)N(C)C. The number of nitrogens with zero attached hydrogens (tertiary/aromatic N) is 2. The maximum absolute atomic E-state index is 12.5. The van der Waals surface area contributed by atoms with Crippen molar-refractivity contribution in [3.8, 4) is 0 Å². The van der Waals surface area contributed by atoms with Crippen LogP contribution in [0.25, 0.3) is 0 Å². The lowest BCUT2D eigenvalue weighted by Gasteiger charge is -2.29. The lowest BCUT2D eigenvalue weighted by Crippen LogP contribution is -2.42. The van der Waals surface area contributed by atoms with Crippen molar-refractivity contribution in [3.05, 3.63) is 17.6 Å². The van der Waals surface area contributed by atoms with Gasteiger partial charge in [0.2, 0.25) is 10.0 Å². The van der Waals surface area contributed by atoms with Crippen LogP contribution < -0.4 is 0 Å². The summed E-state index contributed by atoms with van der Waals surface area (Å²) in [6, 6.07) is 1.21. The zero-order valence-corrected chi connectivity index (χ0v) is 14.1. The molecule has 1 saturated heterocycles. The Hall–Kier alpha value is -1.87. The third kappa shape index (κ3) is 3.40. The Morgan fingerprint density at radius 1 is 1.39 bits per heavy atom. The van der Waals surface area contributed by atoms with Gasteiger partial charge in [0.15, 0.2) is 5.76 Å². The third-order valence-electron chi connectivity index (χ3n) is 3.90. The molecule has 1 unspecified atom stereocenters. The minimum atomic E-state index is -3.70. The Kier molecular flexibility index (Phi) is 4.81. The van der Waals surface area contributed by atoms with E-state index >= 15 is 0 Å². The molecule has 0 saturated carbocycles. The number of hydrogen-bond acceptors (Lipinski definition) is 5. The molecule has 0 aliphatic carbocycles. The summed E-state index contributed by atoms with van der Waals surface area (Å²) in [4.78, 5) is 24.9. The van der Waals surface area contributed by atoms with Crippen LogP contribution in [0.4, 0.5) is 0 Å². The second-order valence-electron chi connectivity index (χ2n) is 5.75. The van der Waals surface area contributed by atoms with Gasteiger partial charge < -0.3 is 14.4 Å². The highest BCUT2D eigenvalue weighted by Gasteiger charge is 2.32. The van der Waals surface area contributed by atoms with Gasteiger partial charge in [-0.1, -0.05) is 0 Å². The zero-order valence-electron chi connectivity index (χ0n) is 13.3. The average Bonchev–Trinajstić information content (AvgIpc) is 2.89. The van der Waals surface area contributed by atoms with Crippen LogP contribution in [0.2, 0.25) is 0 Å². The van der Waals surface area contributed by atoms with Gasteiger partial charge in [-0.2, -0.15) is 0 Å². The van der Waals surface area contributed by atoms with Crippen molar-refractivity contribution >= 4 is 21.9 Å². The topological polar surface area (TPSA) is 108 Å². The molecule has 8 nitrogen and oxygen atoms in total. The first-order chi connectivity index (χ1) is 10.6. The molecule has 0 radical (unpaired) electrons. The zero-order chi connectivity index (χ0) is 17.4. The molecular weight excluding hydrogens is 324 g/mol. The Morgan fingerprint density at radius 3 is 2.61 bits per heavy atom. The summed E-state index contributed by atoms with van der Waals surface area (Å²) in [5.74, 6) is -1.98. The molecule has 1 amide bonds. The smallest absolute Gasteiger partial charge is 0.308 e. The Morgan fingerprint density at radius 2 is 2.04 bits per heavy atom. The van der Waals surface area contributed by atoms with E-state index in [2.05, 4.69) is 0 Å². The molecule has 1 aromatic rings. The van der Waals surface area contributed by atoms with E-state index < -0.39 is 27.8 Å². The van der Waals surface area contributed by atoms with Crippen LogP contribution in [-0.2, 0) is 14.8 Å². The number of carboxylic acids is 1. The van der Waals surface area contributed by atoms with Crippen LogP contribution in [0.3, 0.4) is 0 Å². The molecule has 9 heteroatoms. The van der Waals surface area contributed by atoms with Crippen molar-refractivity contribution in [2.75, 3.05) is 27.2 Å². The van der Waals surface area contributed by atoms with E-state index in [9.17, 15) is 18.0 Å². The summed E-state index contributed by atoms with van der Waals surface area (Å²) >= 11 is 0. The van der Waals surface area contributed by atoms with E-state index in [-0.39, 0.29) is 23.0 Å². The van der Waals surface area contributed by atoms with Crippen molar-refractivity contribution in [3.63, 3.8) is 0 Å². The van der Waals surface area contributed by atoms with Crippen molar-refractivity contribution < 1.29 is 27.5 Å². The number of carboxylic acid groups (broad SMARTS) is 1. The summed E-state index contributed by atoms with van der Waals surface area (Å²) in [5.41, 5.74) is 0. The highest BCUT2D eigenvalue weighted by Crippen LogP contribution is 2.25. The fraction of sp³-hybridized carbons (Fsp3) is 0.571. The molecule has 1 atom stereocenters. The number of piperidine rings is 1. The van der Waals surface area contributed by atoms with Gasteiger partial charge in [0, 0.05) is 33.3 Å². The Balaban J connectivity index is 2.26. The van der Waals surface area contributed by atoms with E-state index in [4.69, 9.17) is 9.52 Å². The number of carbonyl (C=O) groups excluding carboxylic acids is 1. The lowest BCUT2D eigenvalue weighted by molar-refractivity contribution is -0.143. The van der Waals surface area contributed by atoms with Crippen molar-refractivity contribution in [2.24, 2.45) is 5.92 Å². The molecule has 1 aromatic heterocycles. The molecule has 0 spiro atoms. The highest BCUT2D eigenvalue weighted by atomic mass is 32.2. The molecule has 0 aromatic carbocycles. The second kappa shape index (κ2) is 6.32. The van der Waals surface area contributed by atoms with Gasteiger partial charge in [-0.05, 0) is 19.8 Å². The van der Waals surface area contributed by atoms with E-state index in [1.54, 1.807) is 0 Å². The molecule has 1 aliphatic rings. The van der Waals surface area contributed by atoms with E-state index in [0.29, 0.717) is 19.4 Å². The molecule has 1 N–H and O–H groups in total. The van der Waals surface area contributed by atoms with Gasteiger partial charge >= 0.3 is 5.97 Å². The molecule has 1 fully saturated rings. The predicted octanol–water partition coefficient (Wildman–Crippen LogP) is 0.775. The van der Waals surface area contributed by atoms with Crippen LogP contribution in [-0.4, -0.2) is 61.8 Å². The van der Waals surface area contributed by atoms with Crippen molar-refractivity contribution in [1.29, 1.82) is 0 Å². The largest absolute Gasteiger partial charge is 0.481 e. The van der Waals surface area contributed by atoms with Crippen LogP contribution in [0.15, 0.2) is 15.4 Å². The van der Waals surface area contributed by atoms with E-state index in [0.717, 1.165) is 4.31 Å². The molecule has 1 aliphatic heterocycles. The third-order valence-corrected chi connectivity index (χ3v) is 5.82. The minimum absolute atomic E-state index is 0.0577. The Labute approximate surface area is 134 Å². The van der Waals surface area contributed by atoms with Crippen LogP contribution >= 0.6 is 0 Å². The molecule has 2 heterocycles. The first-order valence-electron chi connectivity index (χ1n) is 7.19. The number of aryl methyl sites for hydroxylation is 1. The second-order valence-corrected chi connectivity index (χ2v) is 7.87. The summed E-state index contributed by atoms with van der Waals surface area (Å²) in [6.45, 7) is 2.01. The van der Waals surface area contributed by atoms with Gasteiger partial charge in [0.1, 0.15) is 10.7 Å². The summed E-state index contributed by atoms with van der Waals surface area (Å²) < 4.78 is 30.7. The first-order valence-corrected chi connectivity index (χ1v) is 8.63. The number of carbonyl (C=O) groups is 2. The summed E-state index contributed by atoms with van der Waals surface area (Å²) in [6.07, 6.45) is 1.11. The van der Waals surface area contributed by atoms with Crippen LogP contribution in [0.5, 0.6) is 0 Å². The molecule has 0 bridgehead atoms. The van der Waals surface area contributed by atoms with Gasteiger partial charge in [-0.15, -0.1) is 0 Å². The molecule has 23 heavy (non-hydrogen) atoms.